The standard InChI is InChI=1S/C19H18ClN3O/c20-17-9-6-15(7-10-17)8-11-19(24)22-18-5-2-1-4-16(18)14-23-13-3-12-21-23/h1-7,9-10,12-13H,8,11,14H2,(H,22,24). The van der Waals surface area contributed by atoms with Crippen LogP contribution in [0, 0.1) is 0 Å². The van der Waals surface area contributed by atoms with E-state index < -0.39 is 0 Å². The van der Waals surface area contributed by atoms with E-state index in [1.54, 1.807) is 6.20 Å². The topological polar surface area (TPSA) is 46.9 Å². The fourth-order valence-corrected chi connectivity index (χ4v) is 2.60. The van der Waals surface area contributed by atoms with E-state index in [4.69, 9.17) is 11.6 Å². The highest BCUT2D eigenvalue weighted by Gasteiger charge is 2.08. The summed E-state index contributed by atoms with van der Waals surface area (Å²) in [6.07, 6.45) is 4.76. The van der Waals surface area contributed by atoms with Crippen LogP contribution in [-0.2, 0) is 17.8 Å². The SMILES string of the molecule is O=C(CCc1ccc(Cl)cc1)Nc1ccccc1Cn1cccn1. The molecule has 0 aliphatic carbocycles. The second kappa shape index (κ2) is 7.79. The number of benzene rings is 2. The molecule has 0 saturated carbocycles. The van der Waals surface area contributed by atoms with Crippen LogP contribution in [0.5, 0.6) is 0 Å². The molecular weight excluding hydrogens is 322 g/mol. The number of carbonyl (C=O) groups excluding carboxylic acids is 1. The van der Waals surface area contributed by atoms with Gasteiger partial charge in [0.1, 0.15) is 0 Å². The summed E-state index contributed by atoms with van der Waals surface area (Å²) in [6, 6.07) is 17.2. The fourth-order valence-electron chi connectivity index (χ4n) is 2.47. The van der Waals surface area contributed by atoms with Crippen LogP contribution in [0.1, 0.15) is 17.5 Å². The number of carbonyl (C=O) groups is 1. The van der Waals surface area contributed by atoms with Gasteiger partial charge in [0, 0.05) is 29.5 Å². The van der Waals surface area contributed by atoms with Gasteiger partial charge in [-0.25, -0.2) is 0 Å². The Hall–Kier alpha value is -2.59. The highest BCUT2D eigenvalue weighted by atomic mass is 35.5. The molecule has 1 heterocycles. The largest absolute Gasteiger partial charge is 0.326 e. The quantitative estimate of drug-likeness (QED) is 0.733. The molecule has 0 saturated heterocycles. The number of amides is 1. The maximum Gasteiger partial charge on any atom is 0.224 e. The van der Waals surface area contributed by atoms with E-state index in [0.717, 1.165) is 16.8 Å². The molecule has 0 atom stereocenters. The molecule has 2 aromatic carbocycles. The van der Waals surface area contributed by atoms with Crippen molar-refractivity contribution in [2.24, 2.45) is 0 Å². The zero-order valence-electron chi connectivity index (χ0n) is 13.2. The van der Waals surface area contributed by atoms with Crippen molar-refractivity contribution in [2.45, 2.75) is 19.4 Å². The molecule has 3 aromatic rings. The van der Waals surface area contributed by atoms with E-state index in [2.05, 4.69) is 10.4 Å². The Labute approximate surface area is 146 Å². The van der Waals surface area contributed by atoms with Crippen LogP contribution in [0.2, 0.25) is 5.02 Å². The van der Waals surface area contributed by atoms with Gasteiger partial charge in [-0.15, -0.1) is 0 Å². The van der Waals surface area contributed by atoms with E-state index in [-0.39, 0.29) is 5.91 Å². The fraction of sp³-hybridized carbons (Fsp3) is 0.158. The smallest absolute Gasteiger partial charge is 0.224 e. The van der Waals surface area contributed by atoms with Gasteiger partial charge in [-0.1, -0.05) is 41.9 Å². The van der Waals surface area contributed by atoms with Gasteiger partial charge in [0.25, 0.3) is 0 Å². The first-order valence-corrected chi connectivity index (χ1v) is 8.18. The molecule has 3 rings (SSSR count). The van der Waals surface area contributed by atoms with Crippen molar-refractivity contribution in [1.29, 1.82) is 0 Å². The number of rotatable bonds is 6. The van der Waals surface area contributed by atoms with Gasteiger partial charge in [0.2, 0.25) is 5.91 Å². The zero-order chi connectivity index (χ0) is 16.8. The number of nitrogens with zero attached hydrogens (tertiary/aromatic N) is 2. The van der Waals surface area contributed by atoms with Gasteiger partial charge >= 0.3 is 0 Å². The predicted molar refractivity (Wildman–Crippen MR) is 96.2 cm³/mol. The van der Waals surface area contributed by atoms with Crippen LogP contribution in [0.15, 0.2) is 67.0 Å². The molecule has 0 radical (unpaired) electrons. The van der Waals surface area contributed by atoms with E-state index in [9.17, 15) is 4.79 Å². The van der Waals surface area contributed by atoms with Gasteiger partial charge in [-0.3, -0.25) is 9.48 Å². The monoisotopic (exact) mass is 339 g/mol. The first kappa shape index (κ1) is 16.3. The van der Waals surface area contributed by atoms with Crippen LogP contribution < -0.4 is 5.32 Å². The highest BCUT2D eigenvalue weighted by Crippen LogP contribution is 2.17. The molecule has 4 nitrogen and oxygen atoms in total. The molecule has 0 aliphatic heterocycles. The second-order valence-corrected chi connectivity index (χ2v) is 5.97. The summed E-state index contributed by atoms with van der Waals surface area (Å²) in [5.74, 6) is -0.00198. The van der Waals surface area contributed by atoms with Crippen molar-refractivity contribution in [3.05, 3.63) is 83.1 Å². The van der Waals surface area contributed by atoms with E-state index >= 15 is 0 Å². The first-order chi connectivity index (χ1) is 11.7. The average Bonchev–Trinajstić information content (AvgIpc) is 3.09. The Bertz CT molecular complexity index is 798. The molecule has 0 unspecified atom stereocenters. The minimum atomic E-state index is -0.00198. The molecule has 1 amide bonds. The van der Waals surface area contributed by atoms with E-state index in [0.29, 0.717) is 24.4 Å². The van der Waals surface area contributed by atoms with Crippen molar-refractivity contribution in [3.63, 3.8) is 0 Å². The lowest BCUT2D eigenvalue weighted by atomic mass is 10.1. The molecule has 5 heteroatoms. The molecule has 1 N–H and O–H groups in total. The third-order valence-electron chi connectivity index (χ3n) is 3.74. The Kier molecular flexibility index (Phi) is 5.29. The predicted octanol–water partition coefficient (Wildman–Crippen LogP) is 4.16. The summed E-state index contributed by atoms with van der Waals surface area (Å²) >= 11 is 5.87. The van der Waals surface area contributed by atoms with Gasteiger partial charge in [-0.05, 0) is 41.8 Å². The lowest BCUT2D eigenvalue weighted by molar-refractivity contribution is -0.116. The summed E-state index contributed by atoms with van der Waals surface area (Å²) in [7, 11) is 0. The van der Waals surface area contributed by atoms with Gasteiger partial charge in [0.15, 0.2) is 0 Å². The number of anilines is 1. The van der Waals surface area contributed by atoms with E-state index in [1.807, 2.05) is 65.5 Å². The van der Waals surface area contributed by atoms with Gasteiger partial charge in [-0.2, -0.15) is 5.10 Å². The van der Waals surface area contributed by atoms with Crippen molar-refractivity contribution >= 4 is 23.2 Å². The summed E-state index contributed by atoms with van der Waals surface area (Å²) in [5.41, 5.74) is 2.95. The number of para-hydroxylation sites is 1. The van der Waals surface area contributed by atoms with Crippen LogP contribution in [-0.4, -0.2) is 15.7 Å². The third-order valence-corrected chi connectivity index (χ3v) is 3.99. The van der Waals surface area contributed by atoms with Crippen LogP contribution >= 0.6 is 11.6 Å². The Morgan fingerprint density at radius 2 is 1.88 bits per heavy atom. The molecule has 0 fully saturated rings. The second-order valence-electron chi connectivity index (χ2n) is 5.54. The van der Waals surface area contributed by atoms with Gasteiger partial charge < -0.3 is 5.32 Å². The highest BCUT2D eigenvalue weighted by molar-refractivity contribution is 6.30. The number of aryl methyl sites for hydroxylation is 1. The maximum absolute atomic E-state index is 12.2. The minimum absolute atomic E-state index is 0.00198. The normalized spacial score (nSPS) is 10.5. The van der Waals surface area contributed by atoms with Crippen molar-refractivity contribution in [1.82, 2.24) is 9.78 Å². The number of halogens is 1. The molecule has 0 spiro atoms. The van der Waals surface area contributed by atoms with E-state index in [1.165, 1.54) is 0 Å². The molecule has 0 bridgehead atoms. The molecule has 0 aliphatic rings. The number of aromatic nitrogens is 2. The molecule has 1 aromatic heterocycles. The van der Waals surface area contributed by atoms with Crippen molar-refractivity contribution in [3.8, 4) is 0 Å². The molecular formula is C19H18ClN3O. The van der Waals surface area contributed by atoms with Crippen molar-refractivity contribution in [2.75, 3.05) is 5.32 Å². The summed E-state index contributed by atoms with van der Waals surface area (Å²) < 4.78 is 1.83. The lowest BCUT2D eigenvalue weighted by Crippen LogP contribution is -2.14. The van der Waals surface area contributed by atoms with Crippen molar-refractivity contribution < 1.29 is 4.79 Å². The van der Waals surface area contributed by atoms with Crippen LogP contribution in [0.3, 0.4) is 0 Å². The third kappa shape index (κ3) is 4.46. The summed E-state index contributed by atoms with van der Waals surface area (Å²) in [6.45, 7) is 0.626. The number of hydrogen-bond acceptors (Lipinski definition) is 2. The summed E-state index contributed by atoms with van der Waals surface area (Å²) in [4.78, 5) is 12.2. The summed E-state index contributed by atoms with van der Waals surface area (Å²) in [5, 5.41) is 7.91. The number of hydrogen-bond donors (Lipinski definition) is 1. The maximum atomic E-state index is 12.2. The minimum Gasteiger partial charge on any atom is -0.326 e. The lowest BCUT2D eigenvalue weighted by Gasteiger charge is -2.11. The Balaban J connectivity index is 1.60. The average molecular weight is 340 g/mol. The first-order valence-electron chi connectivity index (χ1n) is 7.80. The van der Waals surface area contributed by atoms with Gasteiger partial charge in [0.05, 0.1) is 6.54 Å². The Morgan fingerprint density at radius 3 is 2.62 bits per heavy atom. The number of nitrogens with one attached hydrogen (secondary N) is 1. The molecule has 24 heavy (non-hydrogen) atoms. The van der Waals surface area contributed by atoms with Crippen LogP contribution in [0.25, 0.3) is 0 Å². The Morgan fingerprint density at radius 1 is 1.08 bits per heavy atom. The zero-order valence-corrected chi connectivity index (χ0v) is 13.9. The van der Waals surface area contributed by atoms with Crippen LogP contribution in [0.4, 0.5) is 5.69 Å². The molecule has 122 valence electrons.